The Hall–Kier alpha value is -0.750. The first kappa shape index (κ1) is 15.3. The van der Waals surface area contributed by atoms with E-state index in [1.165, 1.54) is 6.92 Å². The second kappa shape index (κ2) is 8.37. The summed E-state index contributed by atoms with van der Waals surface area (Å²) in [5.74, 6) is 0.0445. The summed E-state index contributed by atoms with van der Waals surface area (Å²) in [7, 11) is 0. The third-order valence-electron chi connectivity index (χ3n) is 2.80. The van der Waals surface area contributed by atoms with E-state index in [4.69, 9.17) is 9.84 Å². The van der Waals surface area contributed by atoms with Crippen LogP contribution in [0.2, 0.25) is 0 Å². The summed E-state index contributed by atoms with van der Waals surface area (Å²) in [6.45, 7) is 2.21. The molecule has 1 fully saturated rings. The standard InChI is InChI=1S/C12H21NO4S/c1-9(14)13-11(12(15)16)8-18-7-3-5-10-4-2-6-17-10/h10-11H,2-8H2,1H3,(H,13,14)(H,15,16). The van der Waals surface area contributed by atoms with Crippen LogP contribution in [0, 0.1) is 0 Å². The summed E-state index contributed by atoms with van der Waals surface area (Å²) < 4.78 is 5.51. The van der Waals surface area contributed by atoms with Crippen LogP contribution >= 0.6 is 11.8 Å². The van der Waals surface area contributed by atoms with Gasteiger partial charge >= 0.3 is 5.97 Å². The lowest BCUT2D eigenvalue weighted by atomic mass is 10.1. The maximum absolute atomic E-state index is 10.9. The Morgan fingerprint density at radius 1 is 1.56 bits per heavy atom. The number of ether oxygens (including phenoxy) is 1. The number of amides is 1. The van der Waals surface area contributed by atoms with Crippen molar-refractivity contribution >= 4 is 23.6 Å². The number of carbonyl (C=O) groups is 2. The van der Waals surface area contributed by atoms with Crippen molar-refractivity contribution in [1.82, 2.24) is 5.32 Å². The van der Waals surface area contributed by atoms with Crippen molar-refractivity contribution < 1.29 is 19.4 Å². The highest BCUT2D eigenvalue weighted by Gasteiger charge is 2.18. The lowest BCUT2D eigenvalue weighted by molar-refractivity contribution is -0.140. The predicted molar refractivity (Wildman–Crippen MR) is 70.8 cm³/mol. The average molecular weight is 275 g/mol. The van der Waals surface area contributed by atoms with Crippen LogP contribution in [-0.4, -0.2) is 47.2 Å². The minimum absolute atomic E-state index is 0.303. The van der Waals surface area contributed by atoms with Crippen LogP contribution in [0.3, 0.4) is 0 Å². The van der Waals surface area contributed by atoms with Crippen molar-refractivity contribution in [2.45, 2.75) is 44.8 Å². The molecule has 0 aromatic heterocycles. The first-order valence-electron chi connectivity index (χ1n) is 6.29. The van der Waals surface area contributed by atoms with Crippen LogP contribution in [0.1, 0.15) is 32.6 Å². The smallest absolute Gasteiger partial charge is 0.327 e. The maximum atomic E-state index is 10.9. The molecule has 0 aromatic rings. The zero-order valence-electron chi connectivity index (χ0n) is 10.7. The first-order chi connectivity index (χ1) is 8.59. The highest BCUT2D eigenvalue weighted by molar-refractivity contribution is 7.99. The molecule has 2 atom stereocenters. The van der Waals surface area contributed by atoms with Gasteiger partial charge in [0, 0.05) is 19.3 Å². The van der Waals surface area contributed by atoms with Crippen molar-refractivity contribution in [2.75, 3.05) is 18.1 Å². The molecule has 2 unspecified atom stereocenters. The number of nitrogens with one attached hydrogen (secondary N) is 1. The second-order valence-electron chi connectivity index (χ2n) is 4.44. The van der Waals surface area contributed by atoms with Crippen LogP contribution in [0.5, 0.6) is 0 Å². The molecule has 1 amide bonds. The number of carboxylic acids is 1. The molecule has 0 spiro atoms. The summed E-state index contributed by atoms with van der Waals surface area (Å²) in [4.78, 5) is 21.7. The van der Waals surface area contributed by atoms with E-state index in [1.807, 2.05) is 0 Å². The minimum Gasteiger partial charge on any atom is -0.480 e. The summed E-state index contributed by atoms with van der Waals surface area (Å²) in [6, 6.07) is -0.782. The van der Waals surface area contributed by atoms with Gasteiger partial charge in [0.1, 0.15) is 6.04 Å². The van der Waals surface area contributed by atoms with Gasteiger partial charge in [-0.15, -0.1) is 0 Å². The monoisotopic (exact) mass is 275 g/mol. The minimum atomic E-state index is -0.975. The SMILES string of the molecule is CC(=O)NC(CSCCCC1CCCO1)C(=O)O. The Morgan fingerprint density at radius 2 is 2.33 bits per heavy atom. The summed E-state index contributed by atoms with van der Waals surface area (Å²) in [5.41, 5.74) is 0. The second-order valence-corrected chi connectivity index (χ2v) is 5.59. The molecule has 0 aromatic carbocycles. The molecule has 0 radical (unpaired) electrons. The van der Waals surface area contributed by atoms with E-state index >= 15 is 0 Å². The molecule has 2 N–H and O–H groups in total. The quantitative estimate of drug-likeness (QED) is 0.652. The fourth-order valence-corrected chi connectivity index (χ4v) is 2.91. The Morgan fingerprint density at radius 3 is 2.89 bits per heavy atom. The lowest BCUT2D eigenvalue weighted by Crippen LogP contribution is -2.41. The van der Waals surface area contributed by atoms with E-state index in [2.05, 4.69) is 5.32 Å². The number of hydrogen-bond donors (Lipinski definition) is 2. The van der Waals surface area contributed by atoms with Gasteiger partial charge in [-0.05, 0) is 31.4 Å². The molecule has 0 saturated carbocycles. The fraction of sp³-hybridized carbons (Fsp3) is 0.833. The number of thioether (sulfide) groups is 1. The van der Waals surface area contributed by atoms with Crippen LogP contribution in [-0.2, 0) is 14.3 Å². The molecule has 0 aliphatic carbocycles. The van der Waals surface area contributed by atoms with E-state index in [0.717, 1.165) is 38.0 Å². The average Bonchev–Trinajstić information content (AvgIpc) is 2.79. The van der Waals surface area contributed by atoms with Crippen molar-refractivity contribution in [3.8, 4) is 0 Å². The maximum Gasteiger partial charge on any atom is 0.327 e. The highest BCUT2D eigenvalue weighted by atomic mass is 32.2. The summed E-state index contributed by atoms with van der Waals surface area (Å²) in [5, 5.41) is 11.3. The Bertz CT molecular complexity index is 279. The number of rotatable bonds is 8. The molecule has 1 aliphatic rings. The topological polar surface area (TPSA) is 75.6 Å². The van der Waals surface area contributed by atoms with Gasteiger partial charge in [0.15, 0.2) is 0 Å². The highest BCUT2D eigenvalue weighted by Crippen LogP contribution is 2.18. The lowest BCUT2D eigenvalue weighted by Gasteiger charge is -2.13. The molecule has 0 bridgehead atoms. The molecule has 104 valence electrons. The molecule has 1 heterocycles. The van der Waals surface area contributed by atoms with Gasteiger partial charge in [-0.3, -0.25) is 4.79 Å². The van der Waals surface area contributed by atoms with Gasteiger partial charge in [-0.1, -0.05) is 0 Å². The van der Waals surface area contributed by atoms with E-state index in [1.54, 1.807) is 11.8 Å². The number of hydrogen-bond acceptors (Lipinski definition) is 4. The zero-order valence-corrected chi connectivity index (χ0v) is 11.5. The zero-order chi connectivity index (χ0) is 13.4. The van der Waals surface area contributed by atoms with E-state index in [9.17, 15) is 9.59 Å². The molecule has 1 aliphatic heterocycles. The Balaban J connectivity index is 2.06. The normalized spacial score (nSPS) is 20.6. The van der Waals surface area contributed by atoms with Crippen molar-refractivity contribution in [3.63, 3.8) is 0 Å². The van der Waals surface area contributed by atoms with Gasteiger partial charge in [0.25, 0.3) is 0 Å². The Kier molecular flexibility index (Phi) is 7.12. The molecular formula is C12H21NO4S. The third-order valence-corrected chi connectivity index (χ3v) is 3.95. The van der Waals surface area contributed by atoms with Crippen molar-refractivity contribution in [1.29, 1.82) is 0 Å². The van der Waals surface area contributed by atoms with Gasteiger partial charge in [-0.2, -0.15) is 11.8 Å². The third kappa shape index (κ3) is 6.26. The molecule has 1 saturated heterocycles. The molecule has 18 heavy (non-hydrogen) atoms. The molecule has 6 heteroatoms. The van der Waals surface area contributed by atoms with E-state index in [-0.39, 0.29) is 5.91 Å². The number of aliphatic carboxylic acids is 1. The summed E-state index contributed by atoms with van der Waals surface area (Å²) >= 11 is 1.56. The van der Waals surface area contributed by atoms with Gasteiger partial charge < -0.3 is 15.2 Å². The Labute approximate surface area is 112 Å². The number of carboxylic acid groups (broad SMARTS) is 1. The van der Waals surface area contributed by atoms with Gasteiger partial charge in [-0.25, -0.2) is 4.79 Å². The predicted octanol–water partition coefficient (Wildman–Crippen LogP) is 1.27. The summed E-state index contributed by atoms with van der Waals surface area (Å²) in [6.07, 6.45) is 4.78. The largest absolute Gasteiger partial charge is 0.480 e. The molecule has 5 nitrogen and oxygen atoms in total. The van der Waals surface area contributed by atoms with Crippen LogP contribution in [0.15, 0.2) is 0 Å². The molecular weight excluding hydrogens is 254 g/mol. The van der Waals surface area contributed by atoms with E-state index < -0.39 is 12.0 Å². The van der Waals surface area contributed by atoms with E-state index in [0.29, 0.717) is 11.9 Å². The van der Waals surface area contributed by atoms with Gasteiger partial charge in [0.2, 0.25) is 5.91 Å². The van der Waals surface area contributed by atoms with Crippen LogP contribution in [0.4, 0.5) is 0 Å². The first-order valence-corrected chi connectivity index (χ1v) is 7.44. The molecule has 1 rings (SSSR count). The van der Waals surface area contributed by atoms with Crippen LogP contribution < -0.4 is 5.32 Å². The fourth-order valence-electron chi connectivity index (χ4n) is 1.91. The van der Waals surface area contributed by atoms with Crippen molar-refractivity contribution in [3.05, 3.63) is 0 Å². The number of carbonyl (C=O) groups excluding carboxylic acids is 1. The van der Waals surface area contributed by atoms with Crippen molar-refractivity contribution in [2.24, 2.45) is 0 Å². The van der Waals surface area contributed by atoms with Gasteiger partial charge in [0.05, 0.1) is 6.10 Å². The van der Waals surface area contributed by atoms with Crippen LogP contribution in [0.25, 0.3) is 0 Å².